The molecule has 2 fully saturated rings. The van der Waals surface area contributed by atoms with E-state index in [2.05, 4.69) is 19.9 Å². The Morgan fingerprint density at radius 3 is 2.88 bits per heavy atom. The monoisotopic (exact) mass is 329 g/mol. The van der Waals surface area contributed by atoms with Gasteiger partial charge in [0, 0.05) is 25.8 Å². The fourth-order valence-corrected chi connectivity index (χ4v) is 3.17. The number of nitrogens with zero attached hydrogens (tertiary/aromatic N) is 5. The molecule has 0 saturated carbocycles. The molecular weight excluding hydrogens is 310 g/mol. The van der Waals surface area contributed by atoms with Crippen molar-refractivity contribution < 1.29 is 13.9 Å². The molecule has 4 rings (SSSR count). The smallest absolute Gasteiger partial charge is 0.276 e. The molecule has 8 heteroatoms. The Balaban J connectivity index is 1.60. The Bertz CT molecular complexity index is 699. The van der Waals surface area contributed by atoms with Gasteiger partial charge in [0.1, 0.15) is 18.1 Å². The normalized spacial score (nSPS) is 21.2. The quantitative estimate of drug-likeness (QED) is 0.838. The van der Waals surface area contributed by atoms with Gasteiger partial charge in [-0.1, -0.05) is 0 Å². The maximum absolute atomic E-state index is 12.7. The molecule has 0 spiro atoms. The fourth-order valence-electron chi connectivity index (χ4n) is 3.17. The summed E-state index contributed by atoms with van der Waals surface area (Å²) >= 11 is 0. The van der Waals surface area contributed by atoms with Gasteiger partial charge < -0.3 is 19.0 Å². The van der Waals surface area contributed by atoms with E-state index >= 15 is 0 Å². The van der Waals surface area contributed by atoms with Crippen molar-refractivity contribution in [3.8, 4) is 0 Å². The summed E-state index contributed by atoms with van der Waals surface area (Å²) in [4.78, 5) is 29.7. The summed E-state index contributed by atoms with van der Waals surface area (Å²) in [5, 5.41) is 0. The Morgan fingerprint density at radius 2 is 2.08 bits per heavy atom. The number of hydrogen-bond donors (Lipinski definition) is 0. The van der Waals surface area contributed by atoms with Crippen LogP contribution in [0.3, 0.4) is 0 Å². The lowest BCUT2D eigenvalue weighted by Crippen LogP contribution is -2.44. The summed E-state index contributed by atoms with van der Waals surface area (Å²) in [5.74, 6) is 1.33. The summed E-state index contributed by atoms with van der Waals surface area (Å²) in [6.07, 6.45) is 6.73. The minimum atomic E-state index is -0.314. The highest BCUT2D eigenvalue weighted by atomic mass is 16.5. The molecule has 1 amide bonds. The third-order valence-electron chi connectivity index (χ3n) is 4.43. The molecule has 2 saturated heterocycles. The van der Waals surface area contributed by atoms with Crippen LogP contribution in [0.15, 0.2) is 29.3 Å². The van der Waals surface area contributed by atoms with Gasteiger partial charge in [-0.15, -0.1) is 0 Å². The van der Waals surface area contributed by atoms with Gasteiger partial charge in [-0.3, -0.25) is 4.79 Å². The lowest BCUT2D eigenvalue weighted by molar-refractivity contribution is -0.00551. The number of hydrogen-bond acceptors (Lipinski definition) is 7. The third kappa shape index (κ3) is 2.84. The van der Waals surface area contributed by atoms with Gasteiger partial charge in [0.05, 0.1) is 13.2 Å². The number of oxazole rings is 1. The Hall–Kier alpha value is -2.48. The number of ether oxygens (including phenoxy) is 1. The number of carbonyl (C=O) groups is 1. The molecule has 1 unspecified atom stereocenters. The average Bonchev–Trinajstić information content (AvgIpc) is 3.35. The first-order chi connectivity index (χ1) is 11.8. The van der Waals surface area contributed by atoms with Crippen molar-refractivity contribution >= 4 is 11.7 Å². The highest BCUT2D eigenvalue weighted by molar-refractivity contribution is 5.92. The number of anilines is 1. The van der Waals surface area contributed by atoms with Crippen LogP contribution in [-0.4, -0.2) is 58.6 Å². The molecule has 2 aliphatic rings. The second kappa shape index (κ2) is 6.56. The molecule has 0 radical (unpaired) electrons. The minimum Gasteiger partial charge on any atom is -0.451 e. The summed E-state index contributed by atoms with van der Waals surface area (Å²) in [5.41, 5.74) is 0.289. The lowest BCUT2D eigenvalue weighted by Gasteiger charge is -2.34. The fraction of sp³-hybridized carbons (Fsp3) is 0.500. The second-order valence-electron chi connectivity index (χ2n) is 5.93. The summed E-state index contributed by atoms with van der Waals surface area (Å²) in [6.45, 7) is 3.38. The van der Waals surface area contributed by atoms with Crippen LogP contribution in [0.4, 0.5) is 5.82 Å². The van der Waals surface area contributed by atoms with Crippen LogP contribution in [0, 0.1) is 0 Å². The zero-order valence-electron chi connectivity index (χ0n) is 13.3. The largest absolute Gasteiger partial charge is 0.451 e. The van der Waals surface area contributed by atoms with Crippen LogP contribution in [-0.2, 0) is 4.74 Å². The molecule has 2 aliphatic heterocycles. The second-order valence-corrected chi connectivity index (χ2v) is 5.93. The number of aromatic nitrogens is 3. The molecular formula is C16H19N5O3. The van der Waals surface area contributed by atoms with E-state index in [1.165, 1.54) is 25.5 Å². The van der Waals surface area contributed by atoms with E-state index in [1.54, 1.807) is 11.1 Å². The molecule has 0 N–H and O–H groups in total. The van der Waals surface area contributed by atoms with Crippen molar-refractivity contribution in [1.82, 2.24) is 19.9 Å². The van der Waals surface area contributed by atoms with Crippen molar-refractivity contribution in [2.24, 2.45) is 0 Å². The third-order valence-corrected chi connectivity index (χ3v) is 4.43. The Morgan fingerprint density at radius 1 is 1.21 bits per heavy atom. The zero-order chi connectivity index (χ0) is 16.4. The zero-order valence-corrected chi connectivity index (χ0v) is 13.3. The molecule has 1 atom stereocenters. The van der Waals surface area contributed by atoms with Gasteiger partial charge in [-0.05, 0) is 18.9 Å². The topological polar surface area (TPSA) is 84.6 Å². The first kappa shape index (κ1) is 15.1. The molecule has 2 aromatic heterocycles. The molecule has 0 aromatic carbocycles. The van der Waals surface area contributed by atoms with Crippen molar-refractivity contribution in [1.29, 1.82) is 0 Å². The van der Waals surface area contributed by atoms with Crippen LogP contribution < -0.4 is 4.90 Å². The molecule has 8 nitrogen and oxygen atoms in total. The maximum atomic E-state index is 12.7. The Kier molecular flexibility index (Phi) is 4.12. The first-order valence-corrected chi connectivity index (χ1v) is 8.18. The van der Waals surface area contributed by atoms with Gasteiger partial charge >= 0.3 is 0 Å². The highest BCUT2D eigenvalue weighted by Gasteiger charge is 2.32. The van der Waals surface area contributed by atoms with E-state index in [9.17, 15) is 4.79 Å². The standard InChI is InChI=1S/C16H19N5O3/c22-16(12-9-24-11-18-12)21-7-8-23-10-13(21)15-17-4-3-14(19-15)20-5-1-2-6-20/h3-4,9,11,13H,1-2,5-8,10H2. The van der Waals surface area contributed by atoms with Crippen LogP contribution in [0.2, 0.25) is 0 Å². The molecule has 0 bridgehead atoms. The Labute approximate surface area is 139 Å². The predicted octanol–water partition coefficient (Wildman–Crippen LogP) is 1.28. The number of rotatable bonds is 3. The van der Waals surface area contributed by atoms with Gasteiger partial charge in [0.2, 0.25) is 0 Å². The SMILES string of the molecule is O=C(c1cocn1)N1CCOCC1c1nccc(N2CCCC2)n1. The molecule has 0 aliphatic carbocycles. The van der Waals surface area contributed by atoms with E-state index in [1.807, 2.05) is 6.07 Å². The lowest BCUT2D eigenvalue weighted by atomic mass is 10.2. The van der Waals surface area contributed by atoms with Gasteiger partial charge in [0.25, 0.3) is 5.91 Å². The predicted molar refractivity (Wildman–Crippen MR) is 84.6 cm³/mol. The highest BCUT2D eigenvalue weighted by Crippen LogP contribution is 2.25. The number of amides is 1. The molecule has 4 heterocycles. The van der Waals surface area contributed by atoms with Crippen LogP contribution in [0.25, 0.3) is 0 Å². The van der Waals surface area contributed by atoms with Crippen LogP contribution in [0.5, 0.6) is 0 Å². The molecule has 126 valence electrons. The number of morpholine rings is 1. The maximum Gasteiger partial charge on any atom is 0.276 e. The van der Waals surface area contributed by atoms with Gasteiger partial charge in [-0.25, -0.2) is 15.0 Å². The summed E-state index contributed by atoms with van der Waals surface area (Å²) < 4.78 is 10.5. The summed E-state index contributed by atoms with van der Waals surface area (Å²) in [7, 11) is 0. The first-order valence-electron chi connectivity index (χ1n) is 8.18. The van der Waals surface area contributed by atoms with Crippen LogP contribution >= 0.6 is 0 Å². The number of carbonyl (C=O) groups excluding carboxylic acids is 1. The van der Waals surface area contributed by atoms with E-state index in [-0.39, 0.29) is 17.6 Å². The van der Waals surface area contributed by atoms with E-state index in [4.69, 9.17) is 9.15 Å². The van der Waals surface area contributed by atoms with Crippen molar-refractivity contribution in [2.75, 3.05) is 37.7 Å². The minimum absolute atomic E-state index is 0.188. The average molecular weight is 329 g/mol. The van der Waals surface area contributed by atoms with Crippen molar-refractivity contribution in [3.05, 3.63) is 36.4 Å². The van der Waals surface area contributed by atoms with Crippen molar-refractivity contribution in [2.45, 2.75) is 18.9 Å². The molecule has 24 heavy (non-hydrogen) atoms. The van der Waals surface area contributed by atoms with Crippen molar-refractivity contribution in [3.63, 3.8) is 0 Å². The van der Waals surface area contributed by atoms with E-state index in [0.717, 1.165) is 18.9 Å². The van der Waals surface area contributed by atoms with E-state index in [0.29, 0.717) is 25.6 Å². The van der Waals surface area contributed by atoms with Gasteiger partial charge in [-0.2, -0.15) is 0 Å². The van der Waals surface area contributed by atoms with Crippen LogP contribution in [0.1, 0.15) is 35.2 Å². The molecule has 2 aromatic rings. The van der Waals surface area contributed by atoms with Gasteiger partial charge in [0.15, 0.2) is 17.9 Å². The van der Waals surface area contributed by atoms with E-state index < -0.39 is 0 Å². The summed E-state index contributed by atoms with van der Waals surface area (Å²) in [6, 6.07) is 1.60.